The van der Waals surface area contributed by atoms with Crippen molar-refractivity contribution >= 4 is 29.1 Å². The molecule has 0 bridgehead atoms. The van der Waals surface area contributed by atoms with E-state index in [1.165, 1.54) is 0 Å². The zero-order valence-corrected chi connectivity index (χ0v) is 18.1. The number of benzene rings is 2. The lowest BCUT2D eigenvalue weighted by Crippen LogP contribution is -2.25. The molecule has 156 valence electrons. The second-order valence-corrected chi connectivity index (χ2v) is 7.51. The van der Waals surface area contributed by atoms with Crippen LogP contribution >= 0.6 is 23.2 Å². The van der Waals surface area contributed by atoms with E-state index in [1.54, 1.807) is 48.5 Å². The average molecular weight is 453 g/mol. The molecular weight excluding hydrogens is 435 g/mol. The number of nitrogens with zero attached hydrogens (tertiary/aromatic N) is 3. The molecule has 2 heterocycles. The molecule has 0 atom stereocenters. The van der Waals surface area contributed by atoms with Crippen LogP contribution in [0, 0.1) is 0 Å². The van der Waals surface area contributed by atoms with Gasteiger partial charge in [0, 0.05) is 24.5 Å². The number of pyridine rings is 1. The van der Waals surface area contributed by atoms with Gasteiger partial charge in [0.25, 0.3) is 5.91 Å². The zero-order valence-electron chi connectivity index (χ0n) is 16.5. The minimum atomic E-state index is -0.268. The highest BCUT2D eigenvalue weighted by molar-refractivity contribution is 6.42. The summed E-state index contributed by atoms with van der Waals surface area (Å²) in [4.78, 5) is 17.0. The Hall–Kier alpha value is -3.35. The molecule has 0 aliphatic carbocycles. The van der Waals surface area contributed by atoms with Gasteiger partial charge in [0.05, 0.1) is 28.5 Å². The molecule has 31 heavy (non-hydrogen) atoms. The molecule has 4 aromatic rings. The normalized spacial score (nSPS) is 10.7. The fourth-order valence-electron chi connectivity index (χ4n) is 3.03. The highest BCUT2D eigenvalue weighted by Gasteiger charge is 2.18. The van der Waals surface area contributed by atoms with Gasteiger partial charge in [-0.1, -0.05) is 23.2 Å². The fraction of sp³-hybridized carbons (Fsp3) is 0.0870. The third-order valence-corrected chi connectivity index (χ3v) is 5.42. The van der Waals surface area contributed by atoms with Crippen LogP contribution in [0.25, 0.3) is 16.9 Å². The highest BCUT2D eigenvalue weighted by atomic mass is 35.5. The minimum absolute atomic E-state index is 0.268. The molecular formula is C23H18Cl2N4O2. The first-order valence-corrected chi connectivity index (χ1v) is 10.2. The molecule has 0 saturated heterocycles. The fourth-order valence-corrected chi connectivity index (χ4v) is 3.33. The van der Waals surface area contributed by atoms with E-state index in [2.05, 4.69) is 15.4 Å². The molecule has 0 unspecified atom stereocenters. The Kier molecular flexibility index (Phi) is 6.21. The van der Waals surface area contributed by atoms with E-state index >= 15 is 0 Å². The quantitative estimate of drug-likeness (QED) is 0.437. The summed E-state index contributed by atoms with van der Waals surface area (Å²) in [6.07, 6.45) is 3.37. The lowest BCUT2D eigenvalue weighted by molar-refractivity contribution is 0.0943. The summed E-state index contributed by atoms with van der Waals surface area (Å²) in [7, 11) is 1.61. The number of amides is 1. The Balaban J connectivity index is 1.71. The first kappa shape index (κ1) is 20.9. The Labute approximate surface area is 189 Å². The number of halogens is 2. The van der Waals surface area contributed by atoms with E-state index in [-0.39, 0.29) is 5.91 Å². The highest BCUT2D eigenvalue weighted by Crippen LogP contribution is 2.28. The Morgan fingerprint density at radius 3 is 2.42 bits per heavy atom. The smallest absolute Gasteiger partial charge is 0.270 e. The van der Waals surface area contributed by atoms with Gasteiger partial charge in [0.2, 0.25) is 0 Å². The van der Waals surface area contributed by atoms with Crippen molar-refractivity contribution in [2.75, 3.05) is 7.11 Å². The number of carbonyl (C=O) groups excluding carboxylic acids is 1. The molecule has 0 saturated carbocycles. The third kappa shape index (κ3) is 4.71. The lowest BCUT2D eigenvalue weighted by atomic mass is 10.1. The van der Waals surface area contributed by atoms with Gasteiger partial charge >= 0.3 is 0 Å². The number of hydrogen-bond donors (Lipinski definition) is 1. The molecule has 2 aromatic heterocycles. The maximum absolute atomic E-state index is 13.0. The van der Waals surface area contributed by atoms with E-state index < -0.39 is 0 Å². The Bertz CT molecular complexity index is 1210. The summed E-state index contributed by atoms with van der Waals surface area (Å²) in [5.41, 5.74) is 3.44. The van der Waals surface area contributed by atoms with Gasteiger partial charge in [0.15, 0.2) is 0 Å². The van der Waals surface area contributed by atoms with Gasteiger partial charge in [-0.3, -0.25) is 9.78 Å². The van der Waals surface area contributed by atoms with Crippen molar-refractivity contribution in [1.82, 2.24) is 20.1 Å². The van der Waals surface area contributed by atoms with Crippen molar-refractivity contribution in [3.05, 3.63) is 94.4 Å². The Morgan fingerprint density at radius 2 is 1.74 bits per heavy atom. The number of ether oxygens (including phenoxy) is 1. The Morgan fingerprint density at radius 1 is 1.00 bits per heavy atom. The SMILES string of the molecule is COc1ccc(-c2cc(C(=O)NCc3ccncc3)n(-c3ccc(Cl)c(Cl)c3)n2)cc1. The molecule has 0 radical (unpaired) electrons. The first-order valence-electron chi connectivity index (χ1n) is 9.42. The van der Waals surface area contributed by atoms with E-state index in [9.17, 15) is 4.79 Å². The van der Waals surface area contributed by atoms with Gasteiger partial charge in [-0.05, 0) is 66.2 Å². The van der Waals surface area contributed by atoms with Crippen molar-refractivity contribution in [3.8, 4) is 22.7 Å². The maximum Gasteiger partial charge on any atom is 0.270 e. The van der Waals surface area contributed by atoms with Gasteiger partial charge in [-0.25, -0.2) is 4.68 Å². The molecule has 0 fully saturated rings. The molecule has 0 aliphatic heterocycles. The van der Waals surface area contributed by atoms with Crippen LogP contribution < -0.4 is 10.1 Å². The monoisotopic (exact) mass is 452 g/mol. The molecule has 6 nitrogen and oxygen atoms in total. The summed E-state index contributed by atoms with van der Waals surface area (Å²) in [5, 5.41) is 8.39. The number of carbonyl (C=O) groups is 1. The van der Waals surface area contributed by atoms with Crippen LogP contribution in [-0.2, 0) is 6.54 Å². The summed E-state index contributed by atoms with van der Waals surface area (Å²) in [6, 6.07) is 18.0. The van der Waals surface area contributed by atoms with Crippen molar-refractivity contribution in [2.45, 2.75) is 6.54 Å². The maximum atomic E-state index is 13.0. The molecule has 1 amide bonds. The number of hydrogen-bond acceptors (Lipinski definition) is 4. The molecule has 8 heteroatoms. The summed E-state index contributed by atoms with van der Waals surface area (Å²) < 4.78 is 6.78. The average Bonchev–Trinajstić information content (AvgIpc) is 3.25. The summed E-state index contributed by atoms with van der Waals surface area (Å²) >= 11 is 12.3. The van der Waals surface area contributed by atoms with E-state index in [4.69, 9.17) is 27.9 Å². The largest absolute Gasteiger partial charge is 0.497 e. The van der Waals surface area contributed by atoms with Gasteiger partial charge in [-0.2, -0.15) is 5.10 Å². The first-order chi connectivity index (χ1) is 15.0. The lowest BCUT2D eigenvalue weighted by Gasteiger charge is -2.09. The minimum Gasteiger partial charge on any atom is -0.497 e. The molecule has 0 aliphatic rings. The molecule has 1 N–H and O–H groups in total. The van der Waals surface area contributed by atoms with Gasteiger partial charge in [0.1, 0.15) is 11.4 Å². The van der Waals surface area contributed by atoms with E-state index in [0.717, 1.165) is 16.9 Å². The van der Waals surface area contributed by atoms with Crippen molar-refractivity contribution in [1.29, 1.82) is 0 Å². The topological polar surface area (TPSA) is 69.0 Å². The molecule has 4 rings (SSSR count). The second kappa shape index (κ2) is 9.20. The van der Waals surface area contributed by atoms with Crippen LogP contribution in [0.4, 0.5) is 0 Å². The van der Waals surface area contributed by atoms with E-state index in [0.29, 0.717) is 33.7 Å². The van der Waals surface area contributed by atoms with Crippen LogP contribution in [0.15, 0.2) is 73.1 Å². The predicted octanol–water partition coefficient (Wildman–Crippen LogP) is 5.18. The summed E-state index contributed by atoms with van der Waals surface area (Å²) in [6.45, 7) is 0.367. The number of nitrogens with one attached hydrogen (secondary N) is 1. The van der Waals surface area contributed by atoms with Crippen LogP contribution in [-0.4, -0.2) is 27.8 Å². The van der Waals surface area contributed by atoms with E-state index in [1.807, 2.05) is 36.4 Å². The van der Waals surface area contributed by atoms with Crippen LogP contribution in [0.1, 0.15) is 16.1 Å². The van der Waals surface area contributed by atoms with Crippen molar-refractivity contribution in [3.63, 3.8) is 0 Å². The third-order valence-electron chi connectivity index (χ3n) is 4.68. The van der Waals surface area contributed by atoms with Crippen molar-refractivity contribution in [2.24, 2.45) is 0 Å². The van der Waals surface area contributed by atoms with Gasteiger partial charge < -0.3 is 10.1 Å². The zero-order chi connectivity index (χ0) is 21.8. The van der Waals surface area contributed by atoms with Crippen molar-refractivity contribution < 1.29 is 9.53 Å². The summed E-state index contributed by atoms with van der Waals surface area (Å²) in [5.74, 6) is 0.470. The van der Waals surface area contributed by atoms with Crippen LogP contribution in [0.3, 0.4) is 0 Å². The van der Waals surface area contributed by atoms with Crippen LogP contribution in [0.2, 0.25) is 10.0 Å². The second-order valence-electron chi connectivity index (χ2n) is 6.69. The van der Waals surface area contributed by atoms with Crippen LogP contribution in [0.5, 0.6) is 5.75 Å². The molecule has 0 spiro atoms. The predicted molar refractivity (Wildman–Crippen MR) is 121 cm³/mol. The number of aromatic nitrogens is 3. The number of methoxy groups -OCH3 is 1. The van der Waals surface area contributed by atoms with Gasteiger partial charge in [-0.15, -0.1) is 0 Å². The number of rotatable bonds is 6. The molecule has 2 aromatic carbocycles. The standard InChI is InChI=1S/C23H18Cl2N4O2/c1-31-18-5-2-16(3-6-18)21-13-22(23(30)27-14-15-8-10-26-11-9-15)29(28-21)17-4-7-19(24)20(25)12-17/h2-13H,14H2,1H3,(H,27,30).